The molecule has 3 nitrogen and oxygen atoms in total. The van der Waals surface area contributed by atoms with Gasteiger partial charge in [-0.3, -0.25) is 4.79 Å². The van der Waals surface area contributed by atoms with E-state index in [1.54, 1.807) is 0 Å². The summed E-state index contributed by atoms with van der Waals surface area (Å²) in [6.07, 6.45) is 2.24. The second-order valence-corrected chi connectivity index (χ2v) is 6.86. The van der Waals surface area contributed by atoms with Crippen molar-refractivity contribution in [1.82, 2.24) is 5.32 Å². The molecule has 3 heteroatoms. The molecule has 2 atom stereocenters. The van der Waals surface area contributed by atoms with Gasteiger partial charge in [-0.25, -0.2) is 0 Å². The first-order chi connectivity index (χ1) is 7.63. The van der Waals surface area contributed by atoms with Crippen LogP contribution in [0.15, 0.2) is 0 Å². The summed E-state index contributed by atoms with van der Waals surface area (Å²) in [5.41, 5.74) is -0.864. The Morgan fingerprint density at radius 2 is 1.82 bits per heavy atom. The van der Waals surface area contributed by atoms with Crippen molar-refractivity contribution < 1.29 is 9.53 Å². The molecule has 1 rings (SSSR count). The Hall–Kier alpha value is -0.570. The first-order valence-electron chi connectivity index (χ1n) is 6.60. The van der Waals surface area contributed by atoms with Crippen LogP contribution in [0.25, 0.3) is 0 Å². The Kier molecular flexibility index (Phi) is 4.23. The minimum atomic E-state index is -0.456. The van der Waals surface area contributed by atoms with Gasteiger partial charge in [0.15, 0.2) is 0 Å². The first-order valence-corrected chi connectivity index (χ1v) is 6.60. The molecule has 0 aromatic carbocycles. The SMILES string of the molecule is C[C@@H]1CCN[C@H](C(C)(C)C(=O)OC(C)(C)C)C1. The van der Waals surface area contributed by atoms with Crippen molar-refractivity contribution in [3.8, 4) is 0 Å². The van der Waals surface area contributed by atoms with Gasteiger partial charge in [-0.15, -0.1) is 0 Å². The predicted octanol–water partition coefficient (Wildman–Crippen LogP) is 2.74. The molecular weight excluding hydrogens is 214 g/mol. The molecule has 1 heterocycles. The highest BCUT2D eigenvalue weighted by atomic mass is 16.6. The van der Waals surface area contributed by atoms with Crippen LogP contribution in [0.3, 0.4) is 0 Å². The highest BCUT2D eigenvalue weighted by Crippen LogP contribution is 2.31. The average molecular weight is 241 g/mol. The van der Waals surface area contributed by atoms with E-state index in [2.05, 4.69) is 12.2 Å². The van der Waals surface area contributed by atoms with Gasteiger partial charge in [0, 0.05) is 6.04 Å². The predicted molar refractivity (Wildman–Crippen MR) is 69.8 cm³/mol. The standard InChI is InChI=1S/C14H27NO2/c1-10-7-8-15-11(9-10)14(5,6)12(16)17-13(2,3)4/h10-11,15H,7-9H2,1-6H3/t10-,11+/m1/s1. The molecule has 0 bridgehead atoms. The molecule has 0 radical (unpaired) electrons. The lowest BCUT2D eigenvalue weighted by atomic mass is 9.77. The number of nitrogens with one attached hydrogen (secondary N) is 1. The van der Waals surface area contributed by atoms with Crippen LogP contribution in [0.4, 0.5) is 0 Å². The summed E-state index contributed by atoms with van der Waals surface area (Å²) >= 11 is 0. The van der Waals surface area contributed by atoms with E-state index in [0.717, 1.165) is 13.0 Å². The molecule has 1 N–H and O–H groups in total. The second kappa shape index (κ2) is 4.97. The monoisotopic (exact) mass is 241 g/mol. The quantitative estimate of drug-likeness (QED) is 0.755. The fourth-order valence-electron chi connectivity index (χ4n) is 2.21. The molecule has 1 fully saturated rings. The number of hydrogen-bond acceptors (Lipinski definition) is 3. The van der Waals surface area contributed by atoms with Crippen LogP contribution < -0.4 is 5.32 Å². The third kappa shape index (κ3) is 3.98. The van der Waals surface area contributed by atoms with E-state index < -0.39 is 11.0 Å². The minimum Gasteiger partial charge on any atom is -0.460 e. The van der Waals surface area contributed by atoms with Crippen molar-refractivity contribution in [3.05, 3.63) is 0 Å². The van der Waals surface area contributed by atoms with E-state index in [0.29, 0.717) is 5.92 Å². The van der Waals surface area contributed by atoms with E-state index in [1.807, 2.05) is 34.6 Å². The van der Waals surface area contributed by atoms with Crippen molar-refractivity contribution >= 4 is 5.97 Å². The second-order valence-electron chi connectivity index (χ2n) is 6.86. The number of carbonyl (C=O) groups is 1. The third-order valence-corrected chi connectivity index (χ3v) is 3.46. The molecule has 1 saturated heterocycles. The number of rotatable bonds is 2. The molecular formula is C14H27NO2. The average Bonchev–Trinajstić information content (AvgIpc) is 2.15. The van der Waals surface area contributed by atoms with Crippen molar-refractivity contribution in [2.24, 2.45) is 11.3 Å². The maximum absolute atomic E-state index is 12.2. The van der Waals surface area contributed by atoms with E-state index >= 15 is 0 Å². The van der Waals surface area contributed by atoms with Gasteiger partial charge in [-0.1, -0.05) is 6.92 Å². The maximum Gasteiger partial charge on any atom is 0.313 e. The fourth-order valence-corrected chi connectivity index (χ4v) is 2.21. The van der Waals surface area contributed by atoms with Crippen LogP contribution in [0.5, 0.6) is 0 Å². The molecule has 0 amide bonds. The number of carbonyl (C=O) groups excluding carboxylic acids is 1. The molecule has 0 saturated carbocycles. The zero-order valence-corrected chi connectivity index (χ0v) is 12.1. The van der Waals surface area contributed by atoms with Crippen molar-refractivity contribution in [3.63, 3.8) is 0 Å². The zero-order chi connectivity index (χ0) is 13.3. The largest absolute Gasteiger partial charge is 0.460 e. The van der Waals surface area contributed by atoms with E-state index in [4.69, 9.17) is 4.74 Å². The maximum atomic E-state index is 12.2. The summed E-state index contributed by atoms with van der Waals surface area (Å²) in [6.45, 7) is 13.0. The lowest BCUT2D eigenvalue weighted by Crippen LogP contribution is -2.52. The summed E-state index contributed by atoms with van der Waals surface area (Å²) in [7, 11) is 0. The summed E-state index contributed by atoms with van der Waals surface area (Å²) in [6, 6.07) is 0.223. The highest BCUT2D eigenvalue weighted by molar-refractivity contribution is 5.77. The van der Waals surface area contributed by atoms with E-state index in [1.165, 1.54) is 6.42 Å². The molecule has 100 valence electrons. The van der Waals surface area contributed by atoms with Gasteiger partial charge in [-0.05, 0) is 59.9 Å². The van der Waals surface area contributed by atoms with Gasteiger partial charge in [0.2, 0.25) is 0 Å². The molecule has 0 aliphatic carbocycles. The van der Waals surface area contributed by atoms with Crippen molar-refractivity contribution in [2.45, 2.75) is 66.0 Å². The van der Waals surface area contributed by atoms with E-state index in [9.17, 15) is 4.79 Å². The van der Waals surface area contributed by atoms with Crippen LogP contribution in [0, 0.1) is 11.3 Å². The van der Waals surface area contributed by atoms with Gasteiger partial charge in [0.1, 0.15) is 5.60 Å². The lowest BCUT2D eigenvalue weighted by Gasteiger charge is -2.39. The van der Waals surface area contributed by atoms with Crippen LogP contribution >= 0.6 is 0 Å². The molecule has 0 aromatic heterocycles. The van der Waals surface area contributed by atoms with Gasteiger partial charge < -0.3 is 10.1 Å². The number of esters is 1. The van der Waals surface area contributed by atoms with Crippen LogP contribution in [0.2, 0.25) is 0 Å². The van der Waals surface area contributed by atoms with Gasteiger partial charge in [0.25, 0.3) is 0 Å². The van der Waals surface area contributed by atoms with Gasteiger partial charge >= 0.3 is 5.97 Å². The number of hydrogen-bond donors (Lipinski definition) is 1. The minimum absolute atomic E-state index is 0.100. The van der Waals surface area contributed by atoms with Gasteiger partial charge in [0.05, 0.1) is 5.41 Å². The molecule has 0 unspecified atom stereocenters. The normalized spacial score (nSPS) is 26.7. The number of ether oxygens (including phenoxy) is 1. The Balaban J connectivity index is 2.69. The molecule has 17 heavy (non-hydrogen) atoms. The first kappa shape index (κ1) is 14.5. The summed E-state index contributed by atoms with van der Waals surface area (Å²) in [5, 5.41) is 3.46. The fraction of sp³-hybridized carbons (Fsp3) is 0.929. The van der Waals surface area contributed by atoms with Crippen molar-refractivity contribution in [2.75, 3.05) is 6.54 Å². The van der Waals surface area contributed by atoms with Crippen LogP contribution in [0.1, 0.15) is 54.4 Å². The molecule has 1 aliphatic rings. The molecule has 1 aliphatic heterocycles. The Morgan fingerprint density at radius 1 is 1.24 bits per heavy atom. The summed E-state index contributed by atoms with van der Waals surface area (Å²) in [4.78, 5) is 12.2. The van der Waals surface area contributed by atoms with Crippen molar-refractivity contribution in [1.29, 1.82) is 0 Å². The molecule has 0 spiro atoms. The zero-order valence-electron chi connectivity index (χ0n) is 12.1. The third-order valence-electron chi connectivity index (χ3n) is 3.46. The Labute approximate surface area is 105 Å². The highest BCUT2D eigenvalue weighted by Gasteiger charge is 2.41. The van der Waals surface area contributed by atoms with Crippen LogP contribution in [-0.2, 0) is 9.53 Å². The summed E-state index contributed by atoms with van der Waals surface area (Å²) < 4.78 is 5.51. The van der Waals surface area contributed by atoms with E-state index in [-0.39, 0.29) is 12.0 Å². The van der Waals surface area contributed by atoms with Crippen LogP contribution in [-0.4, -0.2) is 24.2 Å². The Bertz CT molecular complexity index is 278. The Morgan fingerprint density at radius 3 is 2.29 bits per heavy atom. The van der Waals surface area contributed by atoms with Gasteiger partial charge in [-0.2, -0.15) is 0 Å². The molecule has 0 aromatic rings. The topological polar surface area (TPSA) is 38.3 Å². The number of piperidine rings is 1. The smallest absolute Gasteiger partial charge is 0.313 e. The summed E-state index contributed by atoms with van der Waals surface area (Å²) in [5.74, 6) is 0.583. The lowest BCUT2D eigenvalue weighted by molar-refractivity contribution is -0.168.